The highest BCUT2D eigenvalue weighted by Gasteiger charge is 2.09. The Morgan fingerprint density at radius 3 is 2.60 bits per heavy atom. The first-order chi connectivity index (χ1) is 7.04. The zero-order valence-corrected chi connectivity index (χ0v) is 10.8. The second kappa shape index (κ2) is 5.37. The molecule has 0 amide bonds. The van der Waals surface area contributed by atoms with Crippen LogP contribution in [0.15, 0.2) is 16.6 Å². The molecule has 1 N–H and O–H groups in total. The first kappa shape index (κ1) is 12.3. The van der Waals surface area contributed by atoms with Gasteiger partial charge in [0.15, 0.2) is 11.5 Å². The van der Waals surface area contributed by atoms with Crippen molar-refractivity contribution in [2.45, 2.75) is 13.5 Å². The van der Waals surface area contributed by atoms with E-state index in [4.69, 9.17) is 4.74 Å². The van der Waals surface area contributed by atoms with Crippen LogP contribution in [0.1, 0.15) is 12.5 Å². The molecule has 0 saturated heterocycles. The van der Waals surface area contributed by atoms with Crippen molar-refractivity contribution in [3.63, 3.8) is 0 Å². The van der Waals surface area contributed by atoms with E-state index in [1.165, 1.54) is 0 Å². The van der Waals surface area contributed by atoms with Crippen LogP contribution in [0.3, 0.4) is 0 Å². The quantitative estimate of drug-likeness (QED) is 0.916. The Morgan fingerprint density at radius 2 is 2.07 bits per heavy atom. The van der Waals surface area contributed by atoms with Gasteiger partial charge in [-0.05, 0) is 54.6 Å². The van der Waals surface area contributed by atoms with Crippen LogP contribution >= 0.6 is 15.9 Å². The molecule has 1 aromatic rings. The number of halogens is 1. The van der Waals surface area contributed by atoms with Crippen LogP contribution in [0.2, 0.25) is 0 Å². The highest BCUT2D eigenvalue weighted by molar-refractivity contribution is 9.10. The zero-order chi connectivity index (χ0) is 11.4. The van der Waals surface area contributed by atoms with Crippen LogP contribution in [-0.2, 0) is 6.54 Å². The van der Waals surface area contributed by atoms with Crippen LogP contribution in [0.4, 0.5) is 0 Å². The topological polar surface area (TPSA) is 32.7 Å². The van der Waals surface area contributed by atoms with Gasteiger partial charge in [0.2, 0.25) is 0 Å². The van der Waals surface area contributed by atoms with E-state index in [0.717, 1.165) is 12.1 Å². The van der Waals surface area contributed by atoms with Gasteiger partial charge in [-0.1, -0.05) is 0 Å². The van der Waals surface area contributed by atoms with Crippen LogP contribution in [0.25, 0.3) is 0 Å². The minimum atomic E-state index is 0.166. The molecule has 0 atom stereocenters. The number of rotatable bonds is 4. The monoisotopic (exact) mass is 273 g/mol. The smallest absolute Gasteiger partial charge is 0.172 e. The number of aromatic hydroxyl groups is 1. The maximum absolute atomic E-state index is 9.70. The second-order valence-electron chi connectivity index (χ2n) is 3.60. The van der Waals surface area contributed by atoms with E-state index in [2.05, 4.69) is 20.8 Å². The van der Waals surface area contributed by atoms with Gasteiger partial charge in [-0.3, -0.25) is 0 Å². The molecule has 0 aromatic heterocycles. The summed E-state index contributed by atoms with van der Waals surface area (Å²) in [6.45, 7) is 3.26. The number of ether oxygens (including phenoxy) is 1. The number of hydrogen-bond acceptors (Lipinski definition) is 3. The van der Waals surface area contributed by atoms with Gasteiger partial charge in [0.1, 0.15) is 0 Å². The minimum absolute atomic E-state index is 0.166. The number of phenolic OH excluding ortho intramolecular Hbond substituents is 1. The molecule has 0 radical (unpaired) electrons. The Labute approximate surface area is 98.8 Å². The van der Waals surface area contributed by atoms with Crippen molar-refractivity contribution in [3.05, 3.63) is 22.2 Å². The summed E-state index contributed by atoms with van der Waals surface area (Å²) < 4.78 is 6.01. The van der Waals surface area contributed by atoms with Crippen LogP contribution in [0.5, 0.6) is 11.5 Å². The molecule has 0 spiro atoms. The maximum Gasteiger partial charge on any atom is 0.172 e. The molecular weight excluding hydrogens is 258 g/mol. The fourth-order valence-corrected chi connectivity index (χ4v) is 1.84. The molecular formula is C11H16BrNO2. The third-order valence-electron chi connectivity index (χ3n) is 1.89. The van der Waals surface area contributed by atoms with E-state index in [9.17, 15) is 5.11 Å². The standard InChI is InChI=1S/C11H16BrNO2/c1-4-15-10-6-8(7-13(2)3)5-9(12)11(10)14/h5-6,14H,4,7H2,1-3H3. The molecule has 0 fully saturated rings. The molecule has 0 aliphatic carbocycles. The van der Waals surface area contributed by atoms with E-state index in [-0.39, 0.29) is 5.75 Å². The second-order valence-corrected chi connectivity index (χ2v) is 4.45. The Balaban J connectivity index is 3.00. The number of nitrogens with zero attached hydrogens (tertiary/aromatic N) is 1. The van der Waals surface area contributed by atoms with Gasteiger partial charge in [-0.2, -0.15) is 0 Å². The maximum atomic E-state index is 9.70. The summed E-state index contributed by atoms with van der Waals surface area (Å²) in [6.07, 6.45) is 0. The Bertz CT molecular complexity index is 340. The molecule has 84 valence electrons. The minimum Gasteiger partial charge on any atom is -0.503 e. The Kier molecular flexibility index (Phi) is 4.42. The van der Waals surface area contributed by atoms with Crippen molar-refractivity contribution in [2.24, 2.45) is 0 Å². The first-order valence-corrected chi connectivity index (χ1v) is 5.62. The van der Waals surface area contributed by atoms with E-state index >= 15 is 0 Å². The molecule has 15 heavy (non-hydrogen) atoms. The SMILES string of the molecule is CCOc1cc(CN(C)C)cc(Br)c1O. The van der Waals surface area contributed by atoms with Crippen molar-refractivity contribution in [3.8, 4) is 11.5 Å². The average molecular weight is 274 g/mol. The van der Waals surface area contributed by atoms with Gasteiger partial charge < -0.3 is 14.7 Å². The lowest BCUT2D eigenvalue weighted by atomic mass is 10.2. The summed E-state index contributed by atoms with van der Waals surface area (Å²) in [7, 11) is 4.00. The lowest BCUT2D eigenvalue weighted by Crippen LogP contribution is -2.10. The molecule has 1 aromatic carbocycles. The molecule has 0 unspecified atom stereocenters. The van der Waals surface area contributed by atoms with E-state index in [0.29, 0.717) is 16.8 Å². The fourth-order valence-electron chi connectivity index (χ4n) is 1.35. The van der Waals surface area contributed by atoms with Crippen molar-refractivity contribution < 1.29 is 9.84 Å². The van der Waals surface area contributed by atoms with Crippen LogP contribution in [-0.4, -0.2) is 30.7 Å². The summed E-state index contributed by atoms with van der Waals surface area (Å²) in [6, 6.07) is 3.77. The Hall–Kier alpha value is -0.740. The van der Waals surface area contributed by atoms with Gasteiger partial charge >= 0.3 is 0 Å². The van der Waals surface area contributed by atoms with Gasteiger partial charge in [-0.25, -0.2) is 0 Å². The third kappa shape index (κ3) is 3.39. The molecule has 0 heterocycles. The number of phenols is 1. The van der Waals surface area contributed by atoms with Crippen LogP contribution in [0, 0.1) is 0 Å². The number of benzene rings is 1. The van der Waals surface area contributed by atoms with Gasteiger partial charge in [-0.15, -0.1) is 0 Å². The van der Waals surface area contributed by atoms with Gasteiger partial charge in [0.05, 0.1) is 11.1 Å². The predicted molar refractivity (Wildman–Crippen MR) is 64.4 cm³/mol. The highest BCUT2D eigenvalue weighted by atomic mass is 79.9. The van der Waals surface area contributed by atoms with Crippen molar-refractivity contribution >= 4 is 15.9 Å². The summed E-state index contributed by atoms with van der Waals surface area (Å²) >= 11 is 3.31. The van der Waals surface area contributed by atoms with Gasteiger partial charge in [0.25, 0.3) is 0 Å². The zero-order valence-electron chi connectivity index (χ0n) is 9.25. The summed E-state index contributed by atoms with van der Waals surface area (Å²) in [5.74, 6) is 0.697. The number of hydrogen-bond donors (Lipinski definition) is 1. The van der Waals surface area contributed by atoms with Gasteiger partial charge in [0, 0.05) is 6.54 Å². The molecule has 0 aliphatic heterocycles. The fraction of sp³-hybridized carbons (Fsp3) is 0.455. The van der Waals surface area contributed by atoms with Crippen molar-refractivity contribution in [1.29, 1.82) is 0 Å². The van der Waals surface area contributed by atoms with E-state index in [1.807, 2.05) is 33.2 Å². The predicted octanol–water partition coefficient (Wildman–Crippen LogP) is 2.62. The molecule has 3 nitrogen and oxygen atoms in total. The highest BCUT2D eigenvalue weighted by Crippen LogP contribution is 2.35. The first-order valence-electron chi connectivity index (χ1n) is 4.83. The summed E-state index contributed by atoms with van der Waals surface area (Å²) in [4.78, 5) is 2.06. The molecule has 4 heteroatoms. The third-order valence-corrected chi connectivity index (χ3v) is 2.49. The summed E-state index contributed by atoms with van der Waals surface area (Å²) in [5.41, 5.74) is 1.10. The summed E-state index contributed by atoms with van der Waals surface area (Å²) in [5, 5.41) is 9.70. The van der Waals surface area contributed by atoms with Crippen molar-refractivity contribution in [1.82, 2.24) is 4.90 Å². The Morgan fingerprint density at radius 1 is 1.40 bits per heavy atom. The van der Waals surface area contributed by atoms with E-state index < -0.39 is 0 Å². The van der Waals surface area contributed by atoms with E-state index in [1.54, 1.807) is 0 Å². The molecule has 0 aliphatic rings. The lowest BCUT2D eigenvalue weighted by Gasteiger charge is -2.13. The van der Waals surface area contributed by atoms with Crippen LogP contribution < -0.4 is 4.74 Å². The average Bonchev–Trinajstić information content (AvgIpc) is 2.12. The van der Waals surface area contributed by atoms with Crippen molar-refractivity contribution in [2.75, 3.05) is 20.7 Å². The molecule has 0 saturated carbocycles. The molecule has 1 rings (SSSR count). The molecule has 0 bridgehead atoms. The largest absolute Gasteiger partial charge is 0.503 e. The lowest BCUT2D eigenvalue weighted by molar-refractivity contribution is 0.315. The normalized spacial score (nSPS) is 10.7.